The monoisotopic (exact) mass is 376 g/mol. The van der Waals surface area contributed by atoms with Crippen molar-refractivity contribution in [2.24, 2.45) is 5.92 Å². The van der Waals surface area contributed by atoms with Gasteiger partial charge >= 0.3 is 11.9 Å². The van der Waals surface area contributed by atoms with Crippen LogP contribution in [-0.4, -0.2) is 51.4 Å². The highest BCUT2D eigenvalue weighted by molar-refractivity contribution is 5.96. The first-order valence-electron chi connectivity index (χ1n) is 8.37. The van der Waals surface area contributed by atoms with Crippen molar-refractivity contribution in [2.75, 3.05) is 19.8 Å². The summed E-state index contributed by atoms with van der Waals surface area (Å²) in [5, 5.41) is 15.2. The number of aromatic nitrogens is 3. The smallest absolute Gasteiger partial charge is 0.321 e. The predicted octanol–water partition coefficient (Wildman–Crippen LogP) is 1.37. The van der Waals surface area contributed by atoms with Gasteiger partial charge in [-0.15, -0.1) is 0 Å². The number of ether oxygens (including phenoxy) is 2. The first-order chi connectivity index (χ1) is 13.0. The fraction of sp³-hybridized carbons (Fsp3) is 0.412. The van der Waals surface area contributed by atoms with Gasteiger partial charge < -0.3 is 9.47 Å². The van der Waals surface area contributed by atoms with Crippen LogP contribution in [0.3, 0.4) is 0 Å². The molecule has 0 saturated carbocycles. The standard InChI is InChI=1S/C17H20N4O6/c1-3-26-16(22)15(17(23)27-4-2)14(9-21(24)25)12-5-7-13(8-6-12)20-11-18-10-19-20/h5-8,10-11,14-15H,3-4,9H2,1-2H3/t14-/m0/s1. The first kappa shape index (κ1) is 20.0. The number of carbonyl (C=O) groups excluding carboxylic acids is 2. The number of hydrogen-bond donors (Lipinski definition) is 0. The van der Waals surface area contributed by atoms with Crippen molar-refractivity contribution in [1.82, 2.24) is 14.8 Å². The van der Waals surface area contributed by atoms with E-state index in [1.165, 1.54) is 17.3 Å². The maximum absolute atomic E-state index is 12.3. The number of carbonyl (C=O) groups is 2. The summed E-state index contributed by atoms with van der Waals surface area (Å²) in [5.74, 6) is -4.14. The Labute approximate surface area is 155 Å². The number of esters is 2. The van der Waals surface area contributed by atoms with Gasteiger partial charge in [0.2, 0.25) is 6.54 Å². The van der Waals surface area contributed by atoms with Crippen molar-refractivity contribution in [2.45, 2.75) is 19.8 Å². The zero-order valence-corrected chi connectivity index (χ0v) is 15.0. The average Bonchev–Trinajstić information content (AvgIpc) is 3.16. The van der Waals surface area contributed by atoms with Crippen LogP contribution in [0, 0.1) is 16.0 Å². The molecule has 2 rings (SSSR count). The SMILES string of the molecule is CCOC(=O)C(C(=O)OCC)[C@@H](C[N+](=O)[O-])c1ccc(-n2cncn2)cc1. The largest absolute Gasteiger partial charge is 0.465 e. The lowest BCUT2D eigenvalue weighted by molar-refractivity contribution is -0.484. The van der Waals surface area contributed by atoms with Crippen molar-refractivity contribution in [3.63, 3.8) is 0 Å². The highest BCUT2D eigenvalue weighted by Crippen LogP contribution is 2.28. The van der Waals surface area contributed by atoms with Crippen molar-refractivity contribution in [3.05, 3.63) is 52.6 Å². The molecule has 0 saturated heterocycles. The normalized spacial score (nSPS) is 11.8. The molecule has 0 aliphatic rings. The highest BCUT2D eigenvalue weighted by atomic mass is 16.6. The molecule has 1 heterocycles. The first-order valence-corrected chi connectivity index (χ1v) is 8.37. The van der Waals surface area contributed by atoms with Crippen molar-refractivity contribution in [1.29, 1.82) is 0 Å². The molecule has 0 amide bonds. The third kappa shape index (κ3) is 5.09. The summed E-state index contributed by atoms with van der Waals surface area (Å²) in [7, 11) is 0. The minimum atomic E-state index is -1.42. The van der Waals surface area contributed by atoms with E-state index in [0.29, 0.717) is 11.3 Å². The average molecular weight is 376 g/mol. The summed E-state index contributed by atoms with van der Waals surface area (Å²) in [6, 6.07) is 6.56. The number of benzene rings is 1. The molecule has 2 aromatic rings. The lowest BCUT2D eigenvalue weighted by Gasteiger charge is -2.22. The Morgan fingerprint density at radius 2 is 1.74 bits per heavy atom. The molecule has 27 heavy (non-hydrogen) atoms. The third-order valence-corrected chi connectivity index (χ3v) is 3.83. The number of rotatable bonds is 9. The Kier molecular flexibility index (Phi) is 6.98. The van der Waals surface area contributed by atoms with Crippen LogP contribution in [0.1, 0.15) is 25.3 Å². The van der Waals surface area contributed by atoms with Crippen molar-refractivity contribution < 1.29 is 24.0 Å². The second-order valence-electron chi connectivity index (χ2n) is 5.54. The van der Waals surface area contributed by atoms with Gasteiger partial charge in [0.15, 0.2) is 5.92 Å². The molecule has 0 radical (unpaired) electrons. The molecule has 144 valence electrons. The summed E-state index contributed by atoms with van der Waals surface area (Å²) in [6.07, 6.45) is 2.88. The fourth-order valence-corrected chi connectivity index (χ4v) is 2.67. The Bertz CT molecular complexity index is 757. The van der Waals surface area contributed by atoms with Crippen LogP contribution in [0.2, 0.25) is 0 Å². The summed E-state index contributed by atoms with van der Waals surface area (Å²) < 4.78 is 11.4. The summed E-state index contributed by atoms with van der Waals surface area (Å²) >= 11 is 0. The van der Waals surface area contributed by atoms with Crippen molar-refractivity contribution in [3.8, 4) is 5.69 Å². The van der Waals surface area contributed by atoms with E-state index in [9.17, 15) is 19.7 Å². The van der Waals surface area contributed by atoms with Gasteiger partial charge in [0.05, 0.1) is 24.8 Å². The van der Waals surface area contributed by atoms with Crippen LogP contribution in [0.5, 0.6) is 0 Å². The number of hydrogen-bond acceptors (Lipinski definition) is 8. The summed E-state index contributed by atoms with van der Waals surface area (Å²) in [5.41, 5.74) is 1.13. The van der Waals surface area contributed by atoms with Crippen LogP contribution in [0.4, 0.5) is 0 Å². The summed E-state index contributed by atoms with van der Waals surface area (Å²) in [4.78, 5) is 39.1. The predicted molar refractivity (Wildman–Crippen MR) is 92.7 cm³/mol. The van der Waals surface area contributed by atoms with Gasteiger partial charge in [-0.25, -0.2) is 9.67 Å². The van der Waals surface area contributed by atoms with E-state index in [1.807, 2.05) is 0 Å². The number of nitrogens with zero attached hydrogens (tertiary/aromatic N) is 4. The molecule has 0 fully saturated rings. The van der Waals surface area contributed by atoms with Crippen LogP contribution < -0.4 is 0 Å². The van der Waals surface area contributed by atoms with E-state index in [-0.39, 0.29) is 13.2 Å². The second kappa shape index (κ2) is 9.41. The quantitative estimate of drug-likeness (QED) is 0.278. The van der Waals surface area contributed by atoms with E-state index >= 15 is 0 Å². The van der Waals surface area contributed by atoms with Gasteiger partial charge in [0, 0.05) is 4.92 Å². The Morgan fingerprint density at radius 3 is 2.19 bits per heavy atom. The third-order valence-electron chi connectivity index (χ3n) is 3.83. The molecule has 0 spiro atoms. The Hall–Kier alpha value is -3.30. The Morgan fingerprint density at radius 1 is 1.15 bits per heavy atom. The zero-order chi connectivity index (χ0) is 19.8. The van der Waals surface area contributed by atoms with E-state index in [0.717, 1.165) is 0 Å². The van der Waals surface area contributed by atoms with Gasteiger partial charge in [-0.1, -0.05) is 12.1 Å². The van der Waals surface area contributed by atoms with E-state index in [2.05, 4.69) is 10.1 Å². The molecular formula is C17H20N4O6. The maximum Gasteiger partial charge on any atom is 0.321 e. The zero-order valence-electron chi connectivity index (χ0n) is 15.0. The van der Waals surface area contributed by atoms with E-state index in [1.54, 1.807) is 38.1 Å². The second-order valence-corrected chi connectivity index (χ2v) is 5.54. The molecule has 0 N–H and O–H groups in total. The van der Waals surface area contributed by atoms with Crippen molar-refractivity contribution >= 4 is 11.9 Å². The van der Waals surface area contributed by atoms with E-state index in [4.69, 9.17) is 9.47 Å². The summed E-state index contributed by atoms with van der Waals surface area (Å²) in [6.45, 7) is 2.66. The number of nitro groups is 1. The van der Waals surface area contributed by atoms with Gasteiger partial charge in [-0.05, 0) is 31.5 Å². The molecule has 0 aliphatic carbocycles. The molecule has 1 atom stereocenters. The highest BCUT2D eigenvalue weighted by Gasteiger charge is 2.41. The minimum Gasteiger partial charge on any atom is -0.465 e. The molecule has 10 nitrogen and oxygen atoms in total. The fourth-order valence-electron chi connectivity index (χ4n) is 2.67. The topological polar surface area (TPSA) is 126 Å². The lowest BCUT2D eigenvalue weighted by atomic mass is 9.85. The van der Waals surface area contributed by atoms with Crippen LogP contribution in [0.25, 0.3) is 5.69 Å². The Balaban J connectivity index is 2.39. The lowest BCUT2D eigenvalue weighted by Crippen LogP contribution is -2.36. The van der Waals surface area contributed by atoms with E-state index < -0.39 is 35.2 Å². The van der Waals surface area contributed by atoms with Crippen LogP contribution >= 0.6 is 0 Å². The molecular weight excluding hydrogens is 356 g/mol. The maximum atomic E-state index is 12.3. The van der Waals surface area contributed by atoms with Gasteiger partial charge in [0.1, 0.15) is 12.7 Å². The molecule has 10 heteroatoms. The molecule has 1 aromatic carbocycles. The molecule has 0 aliphatic heterocycles. The van der Waals surface area contributed by atoms with Gasteiger partial charge in [-0.3, -0.25) is 19.7 Å². The van der Waals surface area contributed by atoms with Gasteiger partial charge in [0.25, 0.3) is 0 Å². The van der Waals surface area contributed by atoms with Crippen LogP contribution in [0.15, 0.2) is 36.9 Å². The molecule has 0 bridgehead atoms. The van der Waals surface area contributed by atoms with Crippen LogP contribution in [-0.2, 0) is 19.1 Å². The van der Waals surface area contributed by atoms with Gasteiger partial charge in [-0.2, -0.15) is 5.10 Å². The minimum absolute atomic E-state index is 0.0468. The molecule has 1 aromatic heterocycles. The molecule has 0 unspecified atom stereocenters.